The molecule has 6 rings (SSSR count). The zero-order chi connectivity index (χ0) is 21.7. The summed E-state index contributed by atoms with van der Waals surface area (Å²) in [6.45, 7) is 0. The molecule has 0 spiro atoms. The Hall–Kier alpha value is -4.34. The smallest absolute Gasteiger partial charge is 0.101 e. The van der Waals surface area contributed by atoms with Crippen LogP contribution in [0.5, 0.6) is 0 Å². The highest BCUT2D eigenvalue weighted by Crippen LogP contribution is 2.57. The van der Waals surface area contributed by atoms with Gasteiger partial charge in [0.2, 0.25) is 0 Å². The molecule has 2 bridgehead atoms. The van der Waals surface area contributed by atoms with E-state index in [0.29, 0.717) is 17.0 Å². The van der Waals surface area contributed by atoms with E-state index in [9.17, 15) is 10.5 Å². The Bertz CT molecular complexity index is 1390. The molecule has 3 nitrogen and oxygen atoms in total. The first-order valence-corrected chi connectivity index (χ1v) is 10.8. The van der Waals surface area contributed by atoms with Crippen LogP contribution in [0.25, 0.3) is 0 Å². The molecule has 2 aliphatic rings. The van der Waals surface area contributed by atoms with Gasteiger partial charge in [-0.1, -0.05) is 42.5 Å². The molecule has 4 aromatic rings. The van der Waals surface area contributed by atoms with E-state index < -0.39 is 0 Å². The number of anilines is 3. The number of hydrogen-bond acceptors (Lipinski definition) is 3. The maximum Gasteiger partial charge on any atom is 0.101 e. The van der Waals surface area contributed by atoms with Gasteiger partial charge in [0.05, 0.1) is 11.1 Å². The Labute approximate surface area is 187 Å². The fourth-order valence-corrected chi connectivity index (χ4v) is 5.42. The fourth-order valence-electron chi connectivity index (χ4n) is 5.42. The van der Waals surface area contributed by atoms with Crippen LogP contribution in [0.15, 0.2) is 91.0 Å². The number of rotatable bonds is 3. The second-order valence-electron chi connectivity index (χ2n) is 8.41. The maximum atomic E-state index is 9.51. The molecule has 32 heavy (non-hydrogen) atoms. The topological polar surface area (TPSA) is 50.8 Å². The summed E-state index contributed by atoms with van der Waals surface area (Å²) in [6, 6.07) is 35.9. The molecule has 0 aromatic heterocycles. The van der Waals surface area contributed by atoms with Gasteiger partial charge in [-0.3, -0.25) is 0 Å². The molecule has 0 amide bonds. The number of hydrogen-bond donors (Lipinski definition) is 0. The van der Waals surface area contributed by atoms with Gasteiger partial charge in [0.15, 0.2) is 0 Å². The summed E-state index contributed by atoms with van der Waals surface area (Å²) in [5.74, 6) is 0.582. The molecule has 4 aromatic carbocycles. The van der Waals surface area contributed by atoms with Crippen molar-refractivity contribution in [3.63, 3.8) is 0 Å². The zero-order valence-electron chi connectivity index (χ0n) is 17.4. The molecule has 0 fully saturated rings. The predicted octanol–water partition coefficient (Wildman–Crippen LogP) is 6.88. The fraction of sp³-hybridized carbons (Fsp3) is 0.103. The lowest BCUT2D eigenvalue weighted by Crippen LogP contribution is -2.11. The number of fused-ring (bicyclic) bond motifs is 8. The van der Waals surface area contributed by atoms with Crippen LogP contribution >= 0.6 is 0 Å². The summed E-state index contributed by atoms with van der Waals surface area (Å²) in [6.07, 6.45) is 1.02. The van der Waals surface area contributed by atoms with Crippen molar-refractivity contribution in [3.05, 3.63) is 124 Å². The van der Waals surface area contributed by atoms with Crippen molar-refractivity contribution in [1.29, 1.82) is 10.5 Å². The predicted molar refractivity (Wildman–Crippen MR) is 125 cm³/mol. The summed E-state index contributed by atoms with van der Waals surface area (Å²) in [4.78, 5) is 2.28. The van der Waals surface area contributed by atoms with Crippen LogP contribution in [0.4, 0.5) is 17.1 Å². The Morgan fingerprint density at radius 2 is 1.06 bits per heavy atom. The van der Waals surface area contributed by atoms with E-state index in [1.807, 2.05) is 24.3 Å². The van der Waals surface area contributed by atoms with Gasteiger partial charge < -0.3 is 4.90 Å². The summed E-state index contributed by atoms with van der Waals surface area (Å²) < 4.78 is 0. The molecule has 0 saturated heterocycles. The van der Waals surface area contributed by atoms with Crippen molar-refractivity contribution in [2.75, 3.05) is 4.90 Å². The molecule has 2 unspecified atom stereocenters. The zero-order valence-corrected chi connectivity index (χ0v) is 17.4. The first kappa shape index (κ1) is 18.4. The highest BCUT2D eigenvalue weighted by molar-refractivity contribution is 5.78. The van der Waals surface area contributed by atoms with E-state index in [1.165, 1.54) is 22.3 Å². The van der Waals surface area contributed by atoms with E-state index in [1.54, 1.807) is 0 Å². The molecule has 2 aliphatic carbocycles. The van der Waals surface area contributed by atoms with Crippen molar-refractivity contribution in [2.45, 2.75) is 18.3 Å². The van der Waals surface area contributed by atoms with E-state index in [4.69, 9.17) is 0 Å². The highest BCUT2D eigenvalue weighted by atomic mass is 15.1. The van der Waals surface area contributed by atoms with Crippen LogP contribution in [0.1, 0.15) is 51.6 Å². The quantitative estimate of drug-likeness (QED) is 0.370. The molecule has 3 heteroatoms. The molecular weight excluding hydrogens is 390 g/mol. The number of para-hydroxylation sites is 2. The maximum absolute atomic E-state index is 9.51. The van der Waals surface area contributed by atoms with Crippen LogP contribution in [0.2, 0.25) is 0 Å². The number of nitrogens with zero attached hydrogens (tertiary/aromatic N) is 3. The van der Waals surface area contributed by atoms with E-state index in [2.05, 4.69) is 83.8 Å². The first-order valence-electron chi connectivity index (χ1n) is 10.8. The van der Waals surface area contributed by atoms with Crippen LogP contribution < -0.4 is 4.90 Å². The third-order valence-corrected chi connectivity index (χ3v) is 6.79. The van der Waals surface area contributed by atoms with Gasteiger partial charge in [-0.25, -0.2) is 0 Å². The van der Waals surface area contributed by atoms with Gasteiger partial charge in [0.25, 0.3) is 0 Å². The monoisotopic (exact) mass is 409 g/mol. The summed E-state index contributed by atoms with van der Waals surface area (Å²) in [7, 11) is 0. The van der Waals surface area contributed by atoms with Crippen LogP contribution in [0.3, 0.4) is 0 Å². The van der Waals surface area contributed by atoms with Gasteiger partial charge in [-0.05, 0) is 77.2 Å². The standard InChI is InChI=1S/C29H19N3/c30-17-19-13-25-26(14-20(19)18-31)29-16-28(25)24-12-11-23(15-27(24)29)32(21-7-3-1-4-8-21)22-9-5-2-6-10-22/h1-15,28-29H,16H2. The second kappa shape index (κ2) is 7.12. The minimum atomic E-state index is 0.276. The van der Waals surface area contributed by atoms with E-state index >= 15 is 0 Å². The van der Waals surface area contributed by atoms with Crippen molar-refractivity contribution in [1.82, 2.24) is 0 Å². The van der Waals surface area contributed by atoms with Crippen molar-refractivity contribution < 1.29 is 0 Å². The van der Waals surface area contributed by atoms with E-state index in [-0.39, 0.29) is 5.92 Å². The Balaban J connectivity index is 1.48. The van der Waals surface area contributed by atoms with Gasteiger partial charge in [-0.2, -0.15) is 10.5 Å². The van der Waals surface area contributed by atoms with E-state index in [0.717, 1.165) is 23.5 Å². The third-order valence-electron chi connectivity index (χ3n) is 6.79. The Kier molecular flexibility index (Phi) is 4.10. The minimum Gasteiger partial charge on any atom is -0.310 e. The largest absolute Gasteiger partial charge is 0.310 e. The second-order valence-corrected chi connectivity index (χ2v) is 8.41. The SMILES string of the molecule is N#Cc1cc2c(cc1C#N)C1CC2c2ccc(N(c3ccccc3)c3ccccc3)cc21. The summed E-state index contributed by atoms with van der Waals surface area (Å²) in [5, 5.41) is 19.0. The average Bonchev–Trinajstić information content (AvgIpc) is 3.41. The van der Waals surface area contributed by atoms with Crippen LogP contribution in [0, 0.1) is 22.7 Å². The van der Waals surface area contributed by atoms with Gasteiger partial charge >= 0.3 is 0 Å². The molecule has 0 saturated carbocycles. The van der Waals surface area contributed by atoms with Crippen molar-refractivity contribution in [2.24, 2.45) is 0 Å². The molecule has 150 valence electrons. The minimum absolute atomic E-state index is 0.276. The third kappa shape index (κ3) is 2.66. The van der Waals surface area contributed by atoms with Crippen molar-refractivity contribution >= 4 is 17.1 Å². The Morgan fingerprint density at radius 3 is 1.59 bits per heavy atom. The lowest BCUT2D eigenvalue weighted by atomic mass is 9.83. The van der Waals surface area contributed by atoms with Crippen LogP contribution in [-0.4, -0.2) is 0 Å². The molecule has 2 atom stereocenters. The van der Waals surface area contributed by atoms with Crippen molar-refractivity contribution in [3.8, 4) is 12.1 Å². The summed E-state index contributed by atoms with van der Waals surface area (Å²) >= 11 is 0. The van der Waals surface area contributed by atoms with Gasteiger partial charge in [0.1, 0.15) is 12.1 Å². The van der Waals surface area contributed by atoms with Crippen LogP contribution in [-0.2, 0) is 0 Å². The highest BCUT2D eigenvalue weighted by Gasteiger charge is 2.42. The molecule has 0 radical (unpaired) electrons. The normalized spacial score (nSPS) is 17.2. The Morgan fingerprint density at radius 1 is 0.562 bits per heavy atom. The number of nitriles is 2. The molecule has 0 heterocycles. The molecule has 0 N–H and O–H groups in total. The lowest BCUT2D eigenvalue weighted by molar-refractivity contribution is 0.796. The average molecular weight is 409 g/mol. The van der Waals surface area contributed by atoms with Gasteiger partial charge in [0, 0.05) is 28.9 Å². The number of benzene rings is 4. The lowest BCUT2D eigenvalue weighted by Gasteiger charge is -2.28. The summed E-state index contributed by atoms with van der Waals surface area (Å²) in [5.41, 5.74) is 9.44. The molecule has 0 aliphatic heterocycles. The van der Waals surface area contributed by atoms with Gasteiger partial charge in [-0.15, -0.1) is 0 Å². The molecular formula is C29H19N3. The first-order chi connectivity index (χ1) is 15.8.